The van der Waals surface area contributed by atoms with Gasteiger partial charge in [0.1, 0.15) is 23.3 Å². The van der Waals surface area contributed by atoms with Crippen LogP contribution in [0.4, 0.5) is 14.5 Å². The van der Waals surface area contributed by atoms with Gasteiger partial charge in [-0.2, -0.15) is 12.7 Å². The zero-order valence-corrected chi connectivity index (χ0v) is 19.5. The zero-order valence-electron chi connectivity index (χ0n) is 18.7. The minimum Gasteiger partial charge on any atom is -0.489 e. The van der Waals surface area contributed by atoms with Gasteiger partial charge in [0.25, 0.3) is 0 Å². The largest absolute Gasteiger partial charge is 0.489 e. The molecule has 34 heavy (non-hydrogen) atoms. The number of hydrogen-bond acceptors (Lipinski definition) is 6. The Morgan fingerprint density at radius 2 is 2.03 bits per heavy atom. The van der Waals surface area contributed by atoms with Crippen LogP contribution in [0.2, 0.25) is 0 Å². The van der Waals surface area contributed by atoms with Crippen LogP contribution < -0.4 is 14.8 Å². The number of H-pyrrole nitrogens is 1. The van der Waals surface area contributed by atoms with Gasteiger partial charge >= 0.3 is 10.2 Å². The Balaban J connectivity index is 1.68. The number of piperidine rings is 1. The average Bonchev–Trinajstić information content (AvgIpc) is 3.24. The van der Waals surface area contributed by atoms with Crippen LogP contribution in [-0.2, 0) is 10.2 Å². The van der Waals surface area contributed by atoms with E-state index in [1.54, 1.807) is 13.0 Å². The lowest BCUT2D eigenvalue weighted by molar-refractivity contribution is 0.103. The number of aromatic amines is 1. The van der Waals surface area contributed by atoms with Crippen LogP contribution in [-0.4, -0.2) is 61.3 Å². The predicted molar refractivity (Wildman–Crippen MR) is 123 cm³/mol. The van der Waals surface area contributed by atoms with Gasteiger partial charge in [-0.3, -0.25) is 9.52 Å². The van der Waals surface area contributed by atoms with Crippen molar-refractivity contribution in [2.75, 3.05) is 31.4 Å². The molecule has 0 atom stereocenters. The lowest BCUT2D eigenvalue weighted by Gasteiger charge is -2.23. The quantitative estimate of drug-likeness (QED) is 0.416. The van der Waals surface area contributed by atoms with Crippen molar-refractivity contribution in [2.24, 2.45) is 0 Å². The summed E-state index contributed by atoms with van der Waals surface area (Å²) in [5.74, 6) is -2.92. The van der Waals surface area contributed by atoms with Gasteiger partial charge < -0.3 is 15.0 Å². The number of ether oxygens (including phenoxy) is 1. The maximum Gasteiger partial charge on any atom is 0.301 e. The van der Waals surface area contributed by atoms with Crippen molar-refractivity contribution in [2.45, 2.75) is 25.9 Å². The molecule has 9 nitrogen and oxygen atoms in total. The second-order valence-electron chi connectivity index (χ2n) is 7.97. The lowest BCUT2D eigenvalue weighted by Crippen LogP contribution is -2.34. The predicted octanol–water partition coefficient (Wildman–Crippen LogP) is 2.81. The highest BCUT2D eigenvalue weighted by molar-refractivity contribution is 7.90. The Hall–Kier alpha value is -3.09. The number of benzene rings is 1. The van der Waals surface area contributed by atoms with E-state index in [4.69, 9.17) is 4.74 Å². The number of halogens is 2. The molecule has 4 rings (SSSR count). The molecule has 3 N–H and O–H groups in total. The van der Waals surface area contributed by atoms with Crippen LogP contribution in [0.3, 0.4) is 0 Å². The normalized spacial score (nSPS) is 15.1. The van der Waals surface area contributed by atoms with Crippen LogP contribution >= 0.6 is 0 Å². The van der Waals surface area contributed by atoms with Crippen LogP contribution in [0, 0.1) is 11.6 Å². The highest BCUT2D eigenvalue weighted by Crippen LogP contribution is 2.29. The molecule has 0 spiro atoms. The van der Waals surface area contributed by atoms with Crippen molar-refractivity contribution in [3.8, 4) is 5.75 Å². The number of aromatic nitrogens is 2. The number of pyridine rings is 1. The van der Waals surface area contributed by atoms with Gasteiger partial charge in [0.2, 0.25) is 5.78 Å². The minimum absolute atomic E-state index is 0.000519. The van der Waals surface area contributed by atoms with Crippen molar-refractivity contribution < 1.29 is 26.7 Å². The summed E-state index contributed by atoms with van der Waals surface area (Å²) in [6, 6.07) is 3.38. The molecule has 1 fully saturated rings. The second-order valence-corrected chi connectivity index (χ2v) is 9.75. The smallest absolute Gasteiger partial charge is 0.301 e. The second kappa shape index (κ2) is 9.65. The standard InChI is InChI=1S/C22H25F2N5O4S/c1-3-29(2)34(31,32)28-18-5-4-17(23)19(20(18)24)21(30)16-12-27-22-15(16)10-14(11-26-22)33-13-6-8-25-9-7-13/h4-5,10-13,25,28H,3,6-9H2,1-2H3,(H,26,27). The summed E-state index contributed by atoms with van der Waals surface area (Å²) in [6.07, 6.45) is 4.48. The molecule has 182 valence electrons. The Kier molecular flexibility index (Phi) is 6.82. The van der Waals surface area contributed by atoms with Gasteiger partial charge in [0.05, 0.1) is 17.4 Å². The molecule has 0 radical (unpaired) electrons. The van der Waals surface area contributed by atoms with E-state index in [1.165, 1.54) is 19.4 Å². The van der Waals surface area contributed by atoms with Gasteiger partial charge in [0.15, 0.2) is 5.82 Å². The van der Waals surface area contributed by atoms with E-state index in [2.05, 4.69) is 20.0 Å². The molecule has 0 unspecified atom stereocenters. The Bertz CT molecular complexity index is 1320. The topological polar surface area (TPSA) is 116 Å². The molecule has 0 bridgehead atoms. The summed E-state index contributed by atoms with van der Waals surface area (Å²) in [4.78, 5) is 20.3. The summed E-state index contributed by atoms with van der Waals surface area (Å²) in [5.41, 5.74) is -1.06. The number of rotatable bonds is 8. The molecule has 1 aliphatic heterocycles. The maximum absolute atomic E-state index is 15.2. The number of ketones is 1. The fraction of sp³-hybridized carbons (Fsp3) is 0.364. The Labute approximate surface area is 195 Å². The number of hydrogen-bond donors (Lipinski definition) is 3. The van der Waals surface area contributed by atoms with Gasteiger partial charge in [0, 0.05) is 30.7 Å². The van der Waals surface area contributed by atoms with Gasteiger partial charge in [-0.05, 0) is 44.1 Å². The van der Waals surface area contributed by atoms with Crippen LogP contribution in [0.15, 0.2) is 30.6 Å². The van der Waals surface area contributed by atoms with Crippen LogP contribution in [0.25, 0.3) is 11.0 Å². The summed E-state index contributed by atoms with van der Waals surface area (Å²) < 4.78 is 63.4. The number of fused-ring (bicyclic) bond motifs is 1. The van der Waals surface area contributed by atoms with E-state index in [-0.39, 0.29) is 18.2 Å². The van der Waals surface area contributed by atoms with Gasteiger partial charge in [-0.1, -0.05) is 6.92 Å². The summed E-state index contributed by atoms with van der Waals surface area (Å²) in [5, 5.41) is 3.58. The molecular formula is C22H25F2N5O4S. The van der Waals surface area contributed by atoms with E-state index in [9.17, 15) is 17.6 Å². The Morgan fingerprint density at radius 3 is 2.74 bits per heavy atom. The fourth-order valence-electron chi connectivity index (χ4n) is 3.70. The highest BCUT2D eigenvalue weighted by Gasteiger charge is 2.27. The van der Waals surface area contributed by atoms with Crippen LogP contribution in [0.5, 0.6) is 5.75 Å². The maximum atomic E-state index is 15.2. The molecule has 1 aliphatic rings. The SMILES string of the molecule is CCN(C)S(=O)(=O)Nc1ccc(F)c(C(=O)c2c[nH]c3ncc(OC4CCNCC4)cc23)c1F. The van der Waals surface area contributed by atoms with E-state index in [0.29, 0.717) is 16.8 Å². The molecule has 1 aromatic carbocycles. The molecule has 1 saturated heterocycles. The molecule has 3 aromatic rings. The fourth-order valence-corrected chi connectivity index (χ4v) is 4.63. The molecule has 3 heterocycles. The third-order valence-corrected chi connectivity index (χ3v) is 7.31. The average molecular weight is 494 g/mol. The lowest BCUT2D eigenvalue weighted by atomic mass is 10.0. The molecule has 0 aliphatic carbocycles. The first-order valence-electron chi connectivity index (χ1n) is 10.8. The van der Waals surface area contributed by atoms with Crippen LogP contribution in [0.1, 0.15) is 35.7 Å². The molecule has 12 heteroatoms. The van der Waals surface area contributed by atoms with E-state index < -0.39 is 38.9 Å². The summed E-state index contributed by atoms with van der Waals surface area (Å²) >= 11 is 0. The monoisotopic (exact) mass is 493 g/mol. The molecule has 2 aromatic heterocycles. The number of anilines is 1. The first-order chi connectivity index (χ1) is 16.2. The summed E-state index contributed by atoms with van der Waals surface area (Å²) in [6.45, 7) is 3.40. The van der Waals surface area contributed by atoms with E-state index >= 15 is 4.39 Å². The Morgan fingerprint density at radius 1 is 1.29 bits per heavy atom. The van der Waals surface area contributed by atoms with Crippen molar-refractivity contribution in [1.29, 1.82) is 0 Å². The molecule has 0 amide bonds. The summed E-state index contributed by atoms with van der Waals surface area (Å²) in [7, 11) is -2.77. The van der Waals surface area contributed by atoms with Crippen molar-refractivity contribution in [3.63, 3.8) is 0 Å². The highest BCUT2D eigenvalue weighted by atomic mass is 32.2. The van der Waals surface area contributed by atoms with Gasteiger partial charge in [-0.15, -0.1) is 0 Å². The van der Waals surface area contributed by atoms with Gasteiger partial charge in [-0.25, -0.2) is 13.8 Å². The first kappa shape index (κ1) is 24.0. The van der Waals surface area contributed by atoms with Crippen molar-refractivity contribution >= 4 is 32.7 Å². The molecular weight excluding hydrogens is 468 g/mol. The number of nitrogens with zero attached hydrogens (tertiary/aromatic N) is 2. The van der Waals surface area contributed by atoms with Crippen molar-refractivity contribution in [3.05, 3.63) is 53.4 Å². The first-order valence-corrected chi connectivity index (χ1v) is 12.3. The number of carbonyl (C=O) groups is 1. The third kappa shape index (κ3) is 4.74. The van der Waals surface area contributed by atoms with E-state index in [1.807, 2.05) is 0 Å². The minimum atomic E-state index is -4.08. The zero-order chi connectivity index (χ0) is 24.5. The third-order valence-electron chi connectivity index (χ3n) is 5.75. The van der Waals surface area contributed by atoms with E-state index in [0.717, 1.165) is 42.4 Å². The molecule has 0 saturated carbocycles. The number of nitrogens with one attached hydrogen (secondary N) is 3. The number of carbonyl (C=O) groups excluding carboxylic acids is 1. The van der Waals surface area contributed by atoms with Crippen molar-refractivity contribution in [1.82, 2.24) is 19.6 Å².